The fourth-order valence-electron chi connectivity index (χ4n) is 1.63. The van der Waals surface area contributed by atoms with E-state index in [-0.39, 0.29) is 5.91 Å². The van der Waals surface area contributed by atoms with Crippen LogP contribution >= 0.6 is 11.8 Å². The first-order valence-corrected chi connectivity index (χ1v) is 7.13. The minimum absolute atomic E-state index is 0.107. The number of nitrogens with one attached hydrogen (secondary N) is 2. The van der Waals surface area contributed by atoms with E-state index in [1.54, 1.807) is 0 Å². The molecular formula is C13H18N2OS. The molecule has 0 atom stereocenters. The smallest absolute Gasteiger partial charge is 0.225 e. The number of hydrogen-bond donors (Lipinski definition) is 2. The molecule has 0 spiro atoms. The fourth-order valence-corrected chi connectivity index (χ4v) is 2.69. The molecule has 1 aromatic carbocycles. The third kappa shape index (κ3) is 4.40. The molecule has 0 radical (unpaired) electrons. The van der Waals surface area contributed by atoms with Gasteiger partial charge in [0.25, 0.3) is 0 Å². The number of hydrogen-bond acceptors (Lipinski definition) is 3. The van der Waals surface area contributed by atoms with Crippen LogP contribution in [0.4, 0.5) is 5.69 Å². The number of benzene rings is 1. The van der Waals surface area contributed by atoms with Gasteiger partial charge in [-0.15, -0.1) is 0 Å². The van der Waals surface area contributed by atoms with Crippen molar-refractivity contribution in [2.75, 3.05) is 29.9 Å². The molecule has 1 aliphatic rings. The standard InChI is InChI=1S/C13H18N2OS/c16-13(15-12-4-2-1-3-5-12)6-7-17-10-11-8-14-9-11/h1-5,11,14H,6-10H2,(H,15,16). The number of carbonyl (C=O) groups is 1. The number of thioether (sulfide) groups is 1. The Morgan fingerprint density at radius 1 is 1.35 bits per heavy atom. The van der Waals surface area contributed by atoms with Crippen molar-refractivity contribution < 1.29 is 4.79 Å². The van der Waals surface area contributed by atoms with Crippen molar-refractivity contribution in [1.29, 1.82) is 0 Å². The zero-order valence-electron chi connectivity index (χ0n) is 9.82. The Morgan fingerprint density at radius 2 is 2.12 bits per heavy atom. The van der Waals surface area contributed by atoms with Crippen LogP contribution in [0.15, 0.2) is 30.3 Å². The van der Waals surface area contributed by atoms with Crippen LogP contribution in [0.2, 0.25) is 0 Å². The van der Waals surface area contributed by atoms with Crippen LogP contribution in [0.1, 0.15) is 6.42 Å². The van der Waals surface area contributed by atoms with Crippen molar-refractivity contribution >= 4 is 23.4 Å². The highest BCUT2D eigenvalue weighted by molar-refractivity contribution is 7.99. The first-order chi connectivity index (χ1) is 8.34. The van der Waals surface area contributed by atoms with E-state index < -0.39 is 0 Å². The van der Waals surface area contributed by atoms with E-state index in [4.69, 9.17) is 0 Å². The van der Waals surface area contributed by atoms with E-state index in [0.29, 0.717) is 6.42 Å². The number of anilines is 1. The summed E-state index contributed by atoms with van der Waals surface area (Å²) in [6.45, 7) is 2.28. The highest BCUT2D eigenvalue weighted by Crippen LogP contribution is 2.13. The van der Waals surface area contributed by atoms with Gasteiger partial charge < -0.3 is 10.6 Å². The van der Waals surface area contributed by atoms with Crippen molar-refractivity contribution in [3.8, 4) is 0 Å². The van der Waals surface area contributed by atoms with Crippen molar-refractivity contribution in [3.63, 3.8) is 0 Å². The third-order valence-electron chi connectivity index (χ3n) is 2.75. The lowest BCUT2D eigenvalue weighted by molar-refractivity contribution is -0.115. The second kappa shape index (κ2) is 6.67. The molecule has 2 N–H and O–H groups in total. The van der Waals surface area contributed by atoms with Crippen molar-refractivity contribution in [3.05, 3.63) is 30.3 Å². The lowest BCUT2D eigenvalue weighted by Gasteiger charge is -2.26. The third-order valence-corrected chi connectivity index (χ3v) is 3.95. The van der Waals surface area contributed by atoms with Crippen LogP contribution < -0.4 is 10.6 Å². The second-order valence-electron chi connectivity index (χ2n) is 4.26. The summed E-state index contributed by atoms with van der Waals surface area (Å²) < 4.78 is 0. The molecule has 1 amide bonds. The summed E-state index contributed by atoms with van der Waals surface area (Å²) in [6.07, 6.45) is 0.597. The molecule has 0 aliphatic carbocycles. The minimum atomic E-state index is 0.107. The van der Waals surface area contributed by atoms with E-state index in [9.17, 15) is 4.79 Å². The molecule has 0 saturated carbocycles. The van der Waals surface area contributed by atoms with Gasteiger partial charge in [0.05, 0.1) is 0 Å². The number of amides is 1. The van der Waals surface area contributed by atoms with Gasteiger partial charge >= 0.3 is 0 Å². The highest BCUT2D eigenvalue weighted by atomic mass is 32.2. The van der Waals surface area contributed by atoms with E-state index in [1.807, 2.05) is 42.1 Å². The molecule has 1 aliphatic heterocycles. The summed E-state index contributed by atoms with van der Waals surface area (Å²) in [5.41, 5.74) is 0.880. The summed E-state index contributed by atoms with van der Waals surface area (Å²) in [4.78, 5) is 11.6. The van der Waals surface area contributed by atoms with Crippen LogP contribution in [0.5, 0.6) is 0 Å². The maximum Gasteiger partial charge on any atom is 0.225 e. The summed E-state index contributed by atoms with van der Waals surface area (Å²) in [7, 11) is 0. The first kappa shape index (κ1) is 12.5. The topological polar surface area (TPSA) is 41.1 Å². The first-order valence-electron chi connectivity index (χ1n) is 5.98. The van der Waals surface area contributed by atoms with Crippen LogP contribution in [-0.4, -0.2) is 30.5 Å². The molecule has 0 aromatic heterocycles. The van der Waals surface area contributed by atoms with E-state index in [0.717, 1.165) is 30.4 Å². The molecule has 0 bridgehead atoms. The minimum Gasteiger partial charge on any atom is -0.326 e. The predicted molar refractivity (Wildman–Crippen MR) is 73.4 cm³/mol. The van der Waals surface area contributed by atoms with Crippen LogP contribution in [0.25, 0.3) is 0 Å². The maximum absolute atomic E-state index is 11.6. The molecule has 1 aromatic rings. The highest BCUT2D eigenvalue weighted by Gasteiger charge is 2.16. The van der Waals surface area contributed by atoms with Crippen LogP contribution in [0.3, 0.4) is 0 Å². The Bertz CT molecular complexity index is 352. The Labute approximate surface area is 106 Å². The molecule has 1 saturated heterocycles. The normalized spacial score (nSPS) is 15.3. The summed E-state index contributed by atoms with van der Waals surface area (Å²) in [5.74, 6) is 3.01. The SMILES string of the molecule is O=C(CCSCC1CNC1)Nc1ccccc1. The van der Waals surface area contributed by atoms with Crippen molar-refractivity contribution in [2.24, 2.45) is 5.92 Å². The molecule has 2 rings (SSSR count). The van der Waals surface area contributed by atoms with Gasteiger partial charge in [-0.3, -0.25) is 4.79 Å². The molecule has 3 nitrogen and oxygen atoms in total. The summed E-state index contributed by atoms with van der Waals surface area (Å²) in [5, 5.41) is 6.14. The lowest BCUT2D eigenvalue weighted by Crippen LogP contribution is -2.43. The Hall–Kier alpha value is -1.00. The number of rotatable bonds is 6. The largest absolute Gasteiger partial charge is 0.326 e. The molecular weight excluding hydrogens is 232 g/mol. The van der Waals surface area contributed by atoms with Gasteiger partial charge in [0.2, 0.25) is 5.91 Å². The van der Waals surface area contributed by atoms with Crippen molar-refractivity contribution in [1.82, 2.24) is 5.32 Å². The summed E-state index contributed by atoms with van der Waals surface area (Å²) >= 11 is 1.88. The zero-order valence-corrected chi connectivity index (χ0v) is 10.6. The Morgan fingerprint density at radius 3 is 2.76 bits per heavy atom. The molecule has 92 valence electrons. The van der Waals surface area contributed by atoms with Gasteiger partial charge in [-0.1, -0.05) is 18.2 Å². The molecule has 1 fully saturated rings. The molecule has 0 unspecified atom stereocenters. The summed E-state index contributed by atoms with van der Waals surface area (Å²) in [6, 6.07) is 9.61. The quantitative estimate of drug-likeness (QED) is 0.758. The molecule has 4 heteroatoms. The van der Waals surface area contributed by atoms with Gasteiger partial charge in [0.15, 0.2) is 0 Å². The zero-order chi connectivity index (χ0) is 11.9. The van der Waals surface area contributed by atoms with Gasteiger partial charge in [-0.05, 0) is 36.9 Å². The van der Waals surface area contributed by atoms with Gasteiger partial charge in [-0.25, -0.2) is 0 Å². The number of para-hydroxylation sites is 1. The van der Waals surface area contributed by atoms with E-state index in [2.05, 4.69) is 10.6 Å². The molecule has 1 heterocycles. The van der Waals surface area contributed by atoms with E-state index >= 15 is 0 Å². The second-order valence-corrected chi connectivity index (χ2v) is 5.41. The average Bonchev–Trinajstić information content (AvgIpc) is 2.27. The van der Waals surface area contributed by atoms with E-state index in [1.165, 1.54) is 5.75 Å². The van der Waals surface area contributed by atoms with Crippen LogP contribution in [0, 0.1) is 5.92 Å². The van der Waals surface area contributed by atoms with Crippen LogP contribution in [-0.2, 0) is 4.79 Å². The Kier molecular flexibility index (Phi) is 4.88. The van der Waals surface area contributed by atoms with Gasteiger partial charge in [0, 0.05) is 17.9 Å². The van der Waals surface area contributed by atoms with Crippen molar-refractivity contribution in [2.45, 2.75) is 6.42 Å². The maximum atomic E-state index is 11.6. The van der Waals surface area contributed by atoms with Gasteiger partial charge in [0.1, 0.15) is 0 Å². The number of carbonyl (C=O) groups excluding carboxylic acids is 1. The lowest BCUT2D eigenvalue weighted by atomic mass is 10.1. The monoisotopic (exact) mass is 250 g/mol. The average molecular weight is 250 g/mol. The molecule has 17 heavy (non-hydrogen) atoms. The Balaban J connectivity index is 1.57. The van der Waals surface area contributed by atoms with Gasteiger partial charge in [-0.2, -0.15) is 11.8 Å². The fraction of sp³-hybridized carbons (Fsp3) is 0.462. The predicted octanol–water partition coefficient (Wildman–Crippen LogP) is 1.97.